The topological polar surface area (TPSA) is 120 Å². The molecule has 8 nitrogen and oxygen atoms in total. The summed E-state index contributed by atoms with van der Waals surface area (Å²) >= 11 is 1.53. The molecule has 4 N–H and O–H groups in total. The molecular weight excluding hydrogens is 474 g/mol. The van der Waals surface area contributed by atoms with Gasteiger partial charge in [-0.05, 0) is 67.5 Å². The van der Waals surface area contributed by atoms with Crippen LogP contribution in [0.1, 0.15) is 47.4 Å². The second-order valence-corrected chi connectivity index (χ2v) is 9.22. The first-order valence-corrected chi connectivity index (χ1v) is 12.5. The highest BCUT2D eigenvalue weighted by molar-refractivity contribution is 7.99. The summed E-state index contributed by atoms with van der Waals surface area (Å²) in [6.07, 6.45) is 8.10. The number of hydrogen-bond donors (Lipinski definition) is 4. The van der Waals surface area contributed by atoms with E-state index in [0.717, 1.165) is 44.9 Å². The van der Waals surface area contributed by atoms with Crippen LogP contribution in [0.2, 0.25) is 0 Å². The number of carbonyl (C=O) groups is 2. The molecule has 2 amide bonds. The molecule has 0 aliphatic rings. The summed E-state index contributed by atoms with van der Waals surface area (Å²) in [4.78, 5) is 30.0. The minimum Gasteiger partial charge on any atom is -0.352 e. The molecule has 0 atom stereocenters. The van der Waals surface area contributed by atoms with Crippen molar-refractivity contribution in [1.82, 2.24) is 26.0 Å². The van der Waals surface area contributed by atoms with Crippen LogP contribution in [0.4, 0.5) is 0 Å². The summed E-state index contributed by atoms with van der Waals surface area (Å²) in [7, 11) is 0. The molecule has 2 aromatic heterocycles. The first-order chi connectivity index (χ1) is 17.6. The molecule has 0 unspecified atom stereocenters. The minimum atomic E-state index is -0.393. The van der Waals surface area contributed by atoms with Crippen LogP contribution >= 0.6 is 11.8 Å². The molecule has 0 saturated carbocycles. The summed E-state index contributed by atoms with van der Waals surface area (Å²) in [5, 5.41) is 20.0. The van der Waals surface area contributed by atoms with Gasteiger partial charge in [0.15, 0.2) is 0 Å². The molecule has 36 heavy (non-hydrogen) atoms. The van der Waals surface area contributed by atoms with Gasteiger partial charge in [0.1, 0.15) is 0 Å². The SMILES string of the molecule is O=C(CCCCCNC(=O)c1ccccc1Sc1ccc2c(/C=C/c3ccccn3)n[nH]c2c1)NO. The van der Waals surface area contributed by atoms with E-state index in [0.29, 0.717) is 18.5 Å². The number of pyridine rings is 1. The molecule has 4 aromatic rings. The van der Waals surface area contributed by atoms with E-state index in [1.54, 1.807) is 11.7 Å². The molecule has 184 valence electrons. The Labute approximate surface area is 213 Å². The van der Waals surface area contributed by atoms with Crippen molar-refractivity contribution >= 4 is 46.6 Å². The Kier molecular flexibility index (Phi) is 8.85. The average Bonchev–Trinajstić information content (AvgIpc) is 3.32. The van der Waals surface area contributed by atoms with Crippen molar-refractivity contribution in [3.05, 3.63) is 83.8 Å². The number of nitrogens with one attached hydrogen (secondary N) is 3. The maximum atomic E-state index is 12.8. The van der Waals surface area contributed by atoms with Crippen LogP contribution in [-0.4, -0.2) is 38.7 Å². The largest absolute Gasteiger partial charge is 0.352 e. The van der Waals surface area contributed by atoms with Crippen molar-refractivity contribution in [3.8, 4) is 0 Å². The number of benzene rings is 2. The van der Waals surface area contributed by atoms with Gasteiger partial charge in [0.05, 0.1) is 22.5 Å². The molecule has 4 rings (SSSR count). The normalized spacial score (nSPS) is 11.1. The van der Waals surface area contributed by atoms with Crippen molar-refractivity contribution in [2.24, 2.45) is 0 Å². The van der Waals surface area contributed by atoms with E-state index in [-0.39, 0.29) is 12.3 Å². The molecule has 0 saturated heterocycles. The minimum absolute atomic E-state index is 0.129. The number of rotatable bonds is 11. The number of carbonyl (C=O) groups excluding carboxylic acids is 2. The second kappa shape index (κ2) is 12.7. The van der Waals surface area contributed by atoms with Gasteiger partial charge in [-0.2, -0.15) is 5.10 Å². The fourth-order valence-corrected chi connectivity index (χ4v) is 4.64. The van der Waals surface area contributed by atoms with Gasteiger partial charge in [-0.3, -0.25) is 24.9 Å². The van der Waals surface area contributed by atoms with Crippen LogP contribution in [0.15, 0.2) is 76.7 Å². The van der Waals surface area contributed by atoms with E-state index >= 15 is 0 Å². The Hall–Kier alpha value is -3.95. The zero-order chi connectivity index (χ0) is 25.2. The van der Waals surface area contributed by atoms with Crippen LogP contribution < -0.4 is 10.8 Å². The molecule has 0 aliphatic carbocycles. The number of unbranched alkanes of at least 4 members (excludes halogenated alkanes) is 2. The van der Waals surface area contributed by atoms with E-state index < -0.39 is 5.91 Å². The van der Waals surface area contributed by atoms with Gasteiger partial charge in [-0.15, -0.1) is 0 Å². The van der Waals surface area contributed by atoms with Gasteiger partial charge >= 0.3 is 0 Å². The highest BCUT2D eigenvalue weighted by atomic mass is 32.2. The number of aromatic nitrogens is 3. The van der Waals surface area contributed by atoms with Gasteiger partial charge < -0.3 is 5.32 Å². The lowest BCUT2D eigenvalue weighted by molar-refractivity contribution is -0.129. The van der Waals surface area contributed by atoms with Gasteiger partial charge in [0, 0.05) is 34.3 Å². The Morgan fingerprint density at radius 1 is 1.00 bits per heavy atom. The number of H-pyrrole nitrogens is 1. The van der Waals surface area contributed by atoms with Crippen LogP contribution in [0.25, 0.3) is 23.1 Å². The van der Waals surface area contributed by atoms with Crippen LogP contribution in [0, 0.1) is 0 Å². The number of aromatic amines is 1. The first-order valence-electron chi connectivity index (χ1n) is 11.7. The standard InChI is InChI=1S/C27H27N5O3S/c33-26(32-35)11-2-1-6-17-29-27(34)22-9-3-4-10-25(22)36-20-13-14-21-23(30-31-24(21)18-20)15-12-19-8-5-7-16-28-19/h3-5,7-10,12-16,18,35H,1-2,6,11,17H2,(H,29,34)(H,30,31)(H,32,33)/b15-12+. The molecule has 2 aromatic carbocycles. The van der Waals surface area contributed by atoms with E-state index in [1.807, 2.05) is 72.8 Å². The first kappa shape index (κ1) is 25.2. The molecule has 0 fully saturated rings. The van der Waals surface area contributed by atoms with Crippen molar-refractivity contribution in [3.63, 3.8) is 0 Å². The van der Waals surface area contributed by atoms with Crippen molar-refractivity contribution in [1.29, 1.82) is 0 Å². The molecule has 9 heteroatoms. The Morgan fingerprint density at radius 3 is 2.69 bits per heavy atom. The molecule has 0 radical (unpaired) electrons. The lowest BCUT2D eigenvalue weighted by Gasteiger charge is -2.10. The van der Waals surface area contributed by atoms with Gasteiger partial charge in [0.25, 0.3) is 5.91 Å². The summed E-state index contributed by atoms with van der Waals surface area (Å²) in [6.45, 7) is 0.521. The van der Waals surface area contributed by atoms with Crippen LogP contribution in [0.3, 0.4) is 0 Å². The quantitative estimate of drug-likeness (QED) is 0.129. The van der Waals surface area contributed by atoms with Gasteiger partial charge in [0.2, 0.25) is 5.91 Å². The molecular formula is C27H27N5O3S. The lowest BCUT2D eigenvalue weighted by atomic mass is 10.1. The third-order valence-electron chi connectivity index (χ3n) is 5.51. The predicted octanol–water partition coefficient (Wildman–Crippen LogP) is 5.08. The zero-order valence-electron chi connectivity index (χ0n) is 19.6. The highest BCUT2D eigenvalue weighted by Crippen LogP contribution is 2.33. The van der Waals surface area contributed by atoms with E-state index in [9.17, 15) is 9.59 Å². The van der Waals surface area contributed by atoms with Crippen LogP contribution in [-0.2, 0) is 4.79 Å². The van der Waals surface area contributed by atoms with Gasteiger partial charge in [-0.25, -0.2) is 5.48 Å². The number of amides is 2. The lowest BCUT2D eigenvalue weighted by Crippen LogP contribution is -2.25. The van der Waals surface area contributed by atoms with E-state index in [2.05, 4.69) is 20.5 Å². The summed E-state index contributed by atoms with van der Waals surface area (Å²) in [5.41, 5.74) is 4.86. The number of hydrogen-bond acceptors (Lipinski definition) is 6. The summed E-state index contributed by atoms with van der Waals surface area (Å²) < 4.78 is 0. The number of fused-ring (bicyclic) bond motifs is 1. The van der Waals surface area contributed by atoms with Crippen molar-refractivity contribution in [2.45, 2.75) is 35.5 Å². The second-order valence-electron chi connectivity index (χ2n) is 8.10. The fraction of sp³-hybridized carbons (Fsp3) is 0.185. The molecule has 2 heterocycles. The predicted molar refractivity (Wildman–Crippen MR) is 141 cm³/mol. The Bertz CT molecular complexity index is 1350. The maximum Gasteiger partial charge on any atom is 0.252 e. The van der Waals surface area contributed by atoms with Crippen molar-refractivity contribution < 1.29 is 14.8 Å². The summed E-state index contributed by atoms with van der Waals surface area (Å²) in [6, 6.07) is 19.4. The Morgan fingerprint density at radius 2 is 1.86 bits per heavy atom. The van der Waals surface area contributed by atoms with E-state index in [1.165, 1.54) is 11.8 Å². The molecule has 0 spiro atoms. The van der Waals surface area contributed by atoms with Gasteiger partial charge in [-0.1, -0.05) is 36.4 Å². The summed E-state index contributed by atoms with van der Waals surface area (Å²) in [5.74, 6) is -0.522. The van der Waals surface area contributed by atoms with Crippen LogP contribution in [0.5, 0.6) is 0 Å². The third kappa shape index (κ3) is 6.80. The fourth-order valence-electron chi connectivity index (χ4n) is 3.66. The monoisotopic (exact) mass is 501 g/mol. The number of nitrogens with zero attached hydrogens (tertiary/aromatic N) is 2. The van der Waals surface area contributed by atoms with Crippen molar-refractivity contribution in [2.75, 3.05) is 6.54 Å². The smallest absolute Gasteiger partial charge is 0.252 e. The third-order valence-corrected chi connectivity index (χ3v) is 6.58. The molecule has 0 aliphatic heterocycles. The number of hydroxylamine groups is 1. The maximum absolute atomic E-state index is 12.8. The zero-order valence-corrected chi connectivity index (χ0v) is 20.4. The highest BCUT2D eigenvalue weighted by Gasteiger charge is 2.13. The van der Waals surface area contributed by atoms with E-state index in [4.69, 9.17) is 5.21 Å². The average molecular weight is 502 g/mol. The Balaban J connectivity index is 1.38. The molecule has 0 bridgehead atoms.